The predicted molar refractivity (Wildman–Crippen MR) is 123 cm³/mol. The van der Waals surface area contributed by atoms with Gasteiger partial charge in [0.25, 0.3) is 0 Å². The molecule has 0 atom stereocenters. The normalized spacial score (nSPS) is 10.7. The van der Waals surface area contributed by atoms with E-state index in [1.807, 2.05) is 24.3 Å². The van der Waals surface area contributed by atoms with Crippen LogP contribution >= 0.6 is 22.6 Å². The molecule has 1 N–H and O–H groups in total. The van der Waals surface area contributed by atoms with Crippen molar-refractivity contribution < 1.29 is 13.9 Å². The Morgan fingerprint density at radius 2 is 1.97 bits per heavy atom. The van der Waals surface area contributed by atoms with E-state index in [0.717, 1.165) is 44.2 Å². The second kappa shape index (κ2) is 9.17. The molecule has 1 aromatic heterocycles. The van der Waals surface area contributed by atoms with Crippen LogP contribution in [-0.4, -0.2) is 16.3 Å². The Morgan fingerprint density at radius 3 is 2.77 bits per heavy atom. The fourth-order valence-corrected chi connectivity index (χ4v) is 3.67. The number of nitrogens with zero attached hydrogens (tertiary/aromatic N) is 2. The molecular formula is C23H17FIN3O2. The lowest BCUT2D eigenvalue weighted by atomic mass is 10.1. The summed E-state index contributed by atoms with van der Waals surface area (Å²) in [7, 11) is 0. The van der Waals surface area contributed by atoms with E-state index in [4.69, 9.17) is 4.74 Å². The maximum Gasteiger partial charge on any atom is 0.150 e. The van der Waals surface area contributed by atoms with Crippen LogP contribution in [-0.2, 0) is 11.0 Å². The standard InChI is InChI=1S/C23H17FIN3O2/c24-18-3-1-2-16(8-18)13-30-22-7-5-19(10-17(22)11-25)28-23-20-9-15(12-29)4-6-21(20)26-14-27-23/h1-10,12,14H,11,13H2,(H,26,27,28). The van der Waals surface area contributed by atoms with Gasteiger partial charge in [-0.25, -0.2) is 14.4 Å². The van der Waals surface area contributed by atoms with Crippen LogP contribution < -0.4 is 10.1 Å². The zero-order valence-electron chi connectivity index (χ0n) is 15.8. The van der Waals surface area contributed by atoms with Crippen molar-refractivity contribution in [1.82, 2.24) is 9.97 Å². The molecule has 30 heavy (non-hydrogen) atoms. The number of anilines is 2. The lowest BCUT2D eigenvalue weighted by Crippen LogP contribution is -2.00. The third-order valence-corrected chi connectivity index (χ3v) is 5.37. The van der Waals surface area contributed by atoms with Gasteiger partial charge in [0.15, 0.2) is 0 Å². The molecule has 0 bridgehead atoms. The van der Waals surface area contributed by atoms with Gasteiger partial charge in [0, 0.05) is 26.6 Å². The molecule has 0 aliphatic heterocycles. The first-order valence-electron chi connectivity index (χ1n) is 9.19. The van der Waals surface area contributed by atoms with Gasteiger partial charge in [0.05, 0.1) is 5.52 Å². The molecule has 0 amide bonds. The molecule has 1 heterocycles. The zero-order valence-corrected chi connectivity index (χ0v) is 18.0. The smallest absolute Gasteiger partial charge is 0.150 e. The number of hydrogen-bond acceptors (Lipinski definition) is 5. The number of carbonyl (C=O) groups excluding carboxylic acids is 1. The minimum absolute atomic E-state index is 0.278. The highest BCUT2D eigenvalue weighted by Gasteiger charge is 2.09. The molecule has 150 valence electrons. The third kappa shape index (κ3) is 4.56. The number of alkyl halides is 1. The minimum atomic E-state index is -0.278. The summed E-state index contributed by atoms with van der Waals surface area (Å²) in [5, 5.41) is 4.07. The first kappa shape index (κ1) is 20.2. The largest absolute Gasteiger partial charge is 0.489 e. The zero-order chi connectivity index (χ0) is 20.9. The van der Waals surface area contributed by atoms with Crippen molar-refractivity contribution in [2.45, 2.75) is 11.0 Å². The highest BCUT2D eigenvalue weighted by Crippen LogP contribution is 2.29. The Labute approximate surface area is 186 Å². The van der Waals surface area contributed by atoms with E-state index >= 15 is 0 Å². The third-order valence-electron chi connectivity index (χ3n) is 4.55. The summed E-state index contributed by atoms with van der Waals surface area (Å²) in [4.78, 5) is 19.7. The maximum absolute atomic E-state index is 13.4. The number of aromatic nitrogens is 2. The fraction of sp³-hybridized carbons (Fsp3) is 0.0870. The van der Waals surface area contributed by atoms with Gasteiger partial charge in [-0.3, -0.25) is 4.79 Å². The van der Waals surface area contributed by atoms with Crippen molar-refractivity contribution in [3.63, 3.8) is 0 Å². The van der Waals surface area contributed by atoms with Crippen LogP contribution in [0.15, 0.2) is 67.0 Å². The molecule has 3 aromatic carbocycles. The Bertz CT molecular complexity index is 1220. The number of hydrogen-bond donors (Lipinski definition) is 1. The Balaban J connectivity index is 1.57. The highest BCUT2D eigenvalue weighted by molar-refractivity contribution is 14.1. The van der Waals surface area contributed by atoms with Crippen LogP contribution in [0.4, 0.5) is 15.9 Å². The molecular weight excluding hydrogens is 496 g/mol. The van der Waals surface area contributed by atoms with Crippen LogP contribution in [0.25, 0.3) is 10.9 Å². The molecule has 0 aliphatic rings. The van der Waals surface area contributed by atoms with E-state index in [1.165, 1.54) is 18.5 Å². The number of nitrogens with one attached hydrogen (secondary N) is 1. The van der Waals surface area contributed by atoms with Crippen molar-refractivity contribution in [1.29, 1.82) is 0 Å². The quantitative estimate of drug-likeness (QED) is 0.191. The SMILES string of the molecule is O=Cc1ccc2ncnc(Nc3ccc(OCc4cccc(F)c4)c(CI)c3)c2c1. The fourth-order valence-electron chi connectivity index (χ4n) is 3.07. The van der Waals surface area contributed by atoms with E-state index in [9.17, 15) is 9.18 Å². The van der Waals surface area contributed by atoms with Crippen molar-refractivity contribution in [2.75, 3.05) is 5.32 Å². The molecule has 5 nitrogen and oxygen atoms in total. The summed E-state index contributed by atoms with van der Waals surface area (Å²) < 4.78 is 20.0. The second-order valence-corrected chi connectivity index (χ2v) is 7.38. The van der Waals surface area contributed by atoms with Crippen molar-refractivity contribution in [3.05, 3.63) is 89.5 Å². The van der Waals surface area contributed by atoms with Gasteiger partial charge in [0.1, 0.15) is 36.6 Å². The number of carbonyl (C=O) groups is 1. The maximum atomic E-state index is 13.4. The van der Waals surface area contributed by atoms with E-state index in [2.05, 4.69) is 37.9 Å². The number of benzene rings is 3. The molecule has 4 aromatic rings. The summed E-state index contributed by atoms with van der Waals surface area (Å²) in [5.41, 5.74) is 3.94. The molecule has 0 saturated heterocycles. The molecule has 0 fully saturated rings. The van der Waals surface area contributed by atoms with Gasteiger partial charge in [-0.05, 0) is 54.1 Å². The van der Waals surface area contributed by atoms with Crippen molar-refractivity contribution in [2.24, 2.45) is 0 Å². The summed E-state index contributed by atoms with van der Waals surface area (Å²) in [6.07, 6.45) is 2.29. The molecule has 0 spiro atoms. The minimum Gasteiger partial charge on any atom is -0.489 e. The predicted octanol–water partition coefficient (Wildman–Crippen LogP) is 5.84. The van der Waals surface area contributed by atoms with Gasteiger partial charge in [-0.15, -0.1) is 0 Å². The number of halogens is 2. The topological polar surface area (TPSA) is 64.1 Å². The molecule has 4 rings (SSSR count). The van der Waals surface area contributed by atoms with E-state index in [0.29, 0.717) is 18.0 Å². The van der Waals surface area contributed by atoms with Crippen molar-refractivity contribution >= 4 is 51.3 Å². The molecule has 0 saturated carbocycles. The molecule has 7 heteroatoms. The summed E-state index contributed by atoms with van der Waals surface area (Å²) >= 11 is 2.28. The van der Waals surface area contributed by atoms with Crippen LogP contribution in [0.2, 0.25) is 0 Å². The van der Waals surface area contributed by atoms with Gasteiger partial charge in [-0.1, -0.05) is 34.7 Å². The van der Waals surface area contributed by atoms with Crippen LogP contribution in [0.1, 0.15) is 21.5 Å². The highest BCUT2D eigenvalue weighted by atomic mass is 127. The van der Waals surface area contributed by atoms with Gasteiger partial charge >= 0.3 is 0 Å². The van der Waals surface area contributed by atoms with Crippen LogP contribution in [0, 0.1) is 5.82 Å². The number of aldehydes is 1. The van der Waals surface area contributed by atoms with E-state index in [1.54, 1.807) is 24.3 Å². The van der Waals surface area contributed by atoms with Crippen LogP contribution in [0.3, 0.4) is 0 Å². The average molecular weight is 513 g/mol. The number of fused-ring (bicyclic) bond motifs is 1. The lowest BCUT2D eigenvalue weighted by Gasteiger charge is -2.14. The molecule has 0 radical (unpaired) electrons. The second-order valence-electron chi connectivity index (χ2n) is 6.62. The van der Waals surface area contributed by atoms with Crippen LogP contribution in [0.5, 0.6) is 5.75 Å². The Hall–Kier alpha value is -3.07. The number of rotatable bonds is 7. The molecule has 0 aliphatic carbocycles. The summed E-state index contributed by atoms with van der Waals surface area (Å²) in [5.74, 6) is 1.09. The van der Waals surface area contributed by atoms with Gasteiger partial charge < -0.3 is 10.1 Å². The molecule has 0 unspecified atom stereocenters. The van der Waals surface area contributed by atoms with Gasteiger partial charge in [0.2, 0.25) is 0 Å². The van der Waals surface area contributed by atoms with Crippen molar-refractivity contribution in [3.8, 4) is 5.75 Å². The van der Waals surface area contributed by atoms with E-state index < -0.39 is 0 Å². The average Bonchev–Trinajstić information content (AvgIpc) is 2.78. The van der Waals surface area contributed by atoms with E-state index in [-0.39, 0.29) is 5.82 Å². The first-order chi connectivity index (χ1) is 14.7. The first-order valence-corrected chi connectivity index (χ1v) is 10.7. The number of ether oxygens (including phenoxy) is 1. The lowest BCUT2D eigenvalue weighted by molar-refractivity contribution is 0.112. The van der Waals surface area contributed by atoms with Gasteiger partial charge in [-0.2, -0.15) is 0 Å². The summed E-state index contributed by atoms with van der Waals surface area (Å²) in [6, 6.07) is 17.4. The Kier molecular flexibility index (Phi) is 6.18. The Morgan fingerprint density at radius 1 is 1.07 bits per heavy atom. The monoisotopic (exact) mass is 513 g/mol. The summed E-state index contributed by atoms with van der Waals surface area (Å²) in [6.45, 7) is 0.291.